The monoisotopic (exact) mass is 1190 g/mol. The number of ether oxygens (including phenoxy) is 1. The number of hydrogen-bond acceptors (Lipinski definition) is 18. The molecule has 8 aromatic rings. The van der Waals surface area contributed by atoms with Gasteiger partial charge in [0.05, 0.1) is 42.7 Å². The molecule has 444 valence electrons. The maximum absolute atomic E-state index is 15.2. The maximum atomic E-state index is 15.2. The molecule has 0 spiro atoms. The molecule has 6 atom stereocenters. The van der Waals surface area contributed by atoms with E-state index in [9.17, 15) is 38.4 Å². The number of benzene rings is 3. The fourth-order valence-corrected chi connectivity index (χ4v) is 11.8. The van der Waals surface area contributed by atoms with Crippen LogP contribution in [-0.4, -0.2) is 167 Å². The number of carbonyl (C=O) groups is 8. The minimum atomic E-state index is -1.53. The summed E-state index contributed by atoms with van der Waals surface area (Å²) in [6.07, 6.45) is 3.92. The van der Waals surface area contributed by atoms with E-state index in [0.29, 0.717) is 70.4 Å². The lowest BCUT2D eigenvalue weighted by atomic mass is 9.95. The summed E-state index contributed by atoms with van der Waals surface area (Å²) in [7, 11) is 0. The number of nitrogens with zero attached hydrogens (tertiary/aromatic N) is 14. The number of allylic oxidation sites excluding steroid dienone is 1. The van der Waals surface area contributed by atoms with Crippen molar-refractivity contribution in [1.29, 1.82) is 0 Å². The molecule has 0 aliphatic carbocycles. The first-order valence-corrected chi connectivity index (χ1v) is 27.6. The molecule has 9 heterocycles. The molecule has 5 aromatic heterocycles. The third-order valence-corrected chi connectivity index (χ3v) is 16.0. The SMILES string of the molecule is C/C=C(/NC(=O)C1CC(F)CN1C(=O)Cn1nc(C(N)=O)c2cc(-c3cnnc(C4CC(N5CCc6c(cccc6NC(=O)C6CC(F)CN6C(=O)Cn6nc(C(N)=O)c7cc(-c8ccnnc8)ccc76)C5)C(=O)O4)c3)ccc21)n1ncnc1NC=O. The number of anilines is 2. The number of nitrogens with one attached hydrogen (secondary N) is 3. The van der Waals surface area contributed by atoms with Crippen molar-refractivity contribution in [2.45, 2.75) is 88.8 Å². The molecule has 0 saturated carbocycles. The number of cyclic esters (lactones) is 1. The van der Waals surface area contributed by atoms with Gasteiger partial charge in [-0.25, -0.2) is 8.78 Å². The Balaban J connectivity index is 0.694. The number of esters is 1. The van der Waals surface area contributed by atoms with E-state index in [1.165, 1.54) is 32.7 Å². The van der Waals surface area contributed by atoms with Crippen LogP contribution in [0.4, 0.5) is 20.4 Å². The van der Waals surface area contributed by atoms with Gasteiger partial charge in [0, 0.05) is 59.9 Å². The Bertz CT molecular complexity index is 4150. The fraction of sp³-hybridized carbons (Fsp3) is 0.298. The van der Waals surface area contributed by atoms with Gasteiger partial charge in [0.25, 0.3) is 11.8 Å². The van der Waals surface area contributed by atoms with Crippen LogP contribution in [0.15, 0.2) is 97.7 Å². The van der Waals surface area contributed by atoms with Crippen LogP contribution in [0.25, 0.3) is 49.9 Å². The van der Waals surface area contributed by atoms with Gasteiger partial charge in [-0.1, -0.05) is 24.3 Å². The molecule has 3 fully saturated rings. The Kier molecular flexibility index (Phi) is 15.2. The van der Waals surface area contributed by atoms with Crippen LogP contribution < -0.4 is 27.4 Å². The van der Waals surface area contributed by atoms with Gasteiger partial charge in [0.1, 0.15) is 67.5 Å². The van der Waals surface area contributed by atoms with Crippen LogP contribution in [0.5, 0.6) is 0 Å². The molecule has 0 bridgehead atoms. The Labute approximate surface area is 490 Å². The zero-order valence-electron chi connectivity index (χ0n) is 46.2. The van der Waals surface area contributed by atoms with Gasteiger partial charge in [-0.05, 0) is 84.1 Å². The summed E-state index contributed by atoms with van der Waals surface area (Å²) < 4.78 is 39.9. The average molecular weight is 1190 g/mol. The minimum Gasteiger partial charge on any atom is -0.455 e. The Morgan fingerprint density at radius 1 is 0.759 bits per heavy atom. The Morgan fingerprint density at radius 2 is 1.40 bits per heavy atom. The van der Waals surface area contributed by atoms with E-state index in [1.807, 2.05) is 11.0 Å². The van der Waals surface area contributed by atoms with Crippen LogP contribution in [0, 0.1) is 0 Å². The topological polar surface area (TPSA) is 362 Å². The number of rotatable bonds is 17. The number of fused-ring (bicyclic) bond motifs is 3. The number of primary amides is 2. The molecule has 3 aromatic carbocycles. The van der Waals surface area contributed by atoms with Gasteiger partial charge < -0.3 is 36.6 Å². The second kappa shape index (κ2) is 23.3. The standard InChI is InChI=1S/C57H53F2N19O9/c1-2-47(78-57(63-28-79)62-27-67-78)69-55(85)44-18-35(59)24-75(44)49(81)26-77-42-9-7-30(15-38(42)51(72-77)53(61)83)33-16-40(70-66-21-33)46-19-45(56(86)87-46)73-13-11-36-32(22-73)4-3-5-39(36)68-54(84)43-17-34(58)23-74(43)48(80)25-76-41-8-6-29(31-10-12-64-65-20-31)14-37(41)50(71-76)52(60)82/h2-10,12,14-16,20-21,27-28,34-35,43-46H,11,13,17-19,22-26H2,1H3,(H2,60,82)(H2,61,83)(H,68,84)(H,69,85)(H,62,63,67,79)/b47-2-. The molecule has 3 saturated heterocycles. The van der Waals surface area contributed by atoms with Crippen molar-refractivity contribution in [3.8, 4) is 22.3 Å². The number of amides is 7. The quantitative estimate of drug-likeness (QED) is 0.0644. The Morgan fingerprint density at radius 3 is 2.02 bits per heavy atom. The molecule has 6 unspecified atom stereocenters. The molecular formula is C57H53F2N19O9. The van der Waals surface area contributed by atoms with E-state index in [-0.39, 0.29) is 60.9 Å². The highest BCUT2D eigenvalue weighted by Gasteiger charge is 2.44. The zero-order chi connectivity index (χ0) is 60.8. The van der Waals surface area contributed by atoms with Gasteiger partial charge in [-0.3, -0.25) is 57.9 Å². The molecule has 87 heavy (non-hydrogen) atoms. The lowest BCUT2D eigenvalue weighted by molar-refractivity contribution is -0.146. The first kappa shape index (κ1) is 56.7. The number of halogens is 2. The van der Waals surface area contributed by atoms with Crippen LogP contribution in [0.2, 0.25) is 0 Å². The summed E-state index contributed by atoms with van der Waals surface area (Å²) in [5.74, 6) is -4.62. The highest BCUT2D eigenvalue weighted by Crippen LogP contribution is 2.38. The number of hydrogen-bond donors (Lipinski definition) is 5. The van der Waals surface area contributed by atoms with Gasteiger partial charge in [0.2, 0.25) is 36.0 Å². The molecular weight excluding hydrogens is 1130 g/mol. The molecule has 28 nitrogen and oxygen atoms in total. The second-order valence-electron chi connectivity index (χ2n) is 21.2. The number of carbonyl (C=O) groups excluding carboxylic acids is 8. The van der Waals surface area contributed by atoms with Crippen molar-refractivity contribution in [2.24, 2.45) is 11.5 Å². The molecule has 7 N–H and O–H groups in total. The van der Waals surface area contributed by atoms with Crippen molar-refractivity contribution in [2.75, 3.05) is 30.3 Å². The number of alkyl halides is 2. The van der Waals surface area contributed by atoms with Crippen LogP contribution >= 0.6 is 0 Å². The number of likely N-dealkylation sites (tertiary alicyclic amines) is 2. The first-order chi connectivity index (χ1) is 42.0. The molecule has 4 aliphatic rings. The first-order valence-electron chi connectivity index (χ1n) is 27.6. The molecule has 4 aliphatic heterocycles. The normalized spacial score (nSPS) is 20.4. The summed E-state index contributed by atoms with van der Waals surface area (Å²) in [5.41, 5.74) is 17.1. The lowest BCUT2D eigenvalue weighted by Crippen LogP contribution is -2.47. The van der Waals surface area contributed by atoms with Gasteiger partial charge in [0.15, 0.2) is 11.4 Å². The third-order valence-electron chi connectivity index (χ3n) is 16.0. The molecule has 0 radical (unpaired) electrons. The van der Waals surface area contributed by atoms with Crippen molar-refractivity contribution in [3.05, 3.63) is 126 Å². The smallest absolute Gasteiger partial charge is 0.324 e. The number of aromatic nitrogens is 11. The fourth-order valence-electron chi connectivity index (χ4n) is 11.8. The summed E-state index contributed by atoms with van der Waals surface area (Å²) in [6, 6.07) is 15.9. The van der Waals surface area contributed by atoms with E-state index in [0.717, 1.165) is 32.6 Å². The van der Waals surface area contributed by atoms with Crippen molar-refractivity contribution >= 4 is 87.1 Å². The highest BCUT2D eigenvalue weighted by atomic mass is 19.1. The van der Waals surface area contributed by atoms with Crippen LogP contribution in [0.3, 0.4) is 0 Å². The molecule has 30 heteroatoms. The number of nitrogens with two attached hydrogens (primary N) is 2. The van der Waals surface area contributed by atoms with Crippen molar-refractivity contribution in [3.63, 3.8) is 0 Å². The van der Waals surface area contributed by atoms with Crippen LogP contribution in [0.1, 0.15) is 70.1 Å². The van der Waals surface area contributed by atoms with E-state index >= 15 is 8.78 Å². The summed E-state index contributed by atoms with van der Waals surface area (Å²) in [4.78, 5) is 114. The van der Waals surface area contributed by atoms with Crippen LogP contribution in [-0.2, 0) is 59.6 Å². The van der Waals surface area contributed by atoms with E-state index < -0.39 is 91.1 Å². The third kappa shape index (κ3) is 11.0. The van der Waals surface area contributed by atoms with E-state index in [4.69, 9.17) is 16.2 Å². The highest BCUT2D eigenvalue weighted by molar-refractivity contribution is 6.07. The van der Waals surface area contributed by atoms with Gasteiger partial charge in [-0.2, -0.15) is 45.4 Å². The molecule has 12 rings (SSSR count). The maximum Gasteiger partial charge on any atom is 0.324 e. The van der Waals surface area contributed by atoms with Crippen molar-refractivity contribution in [1.82, 2.24) is 74.7 Å². The lowest BCUT2D eigenvalue weighted by Gasteiger charge is -2.33. The average Bonchev–Trinajstić information content (AvgIpc) is 1.87. The van der Waals surface area contributed by atoms with Crippen molar-refractivity contribution < 1.29 is 51.9 Å². The van der Waals surface area contributed by atoms with Gasteiger partial charge in [-0.15, -0.1) is 0 Å². The van der Waals surface area contributed by atoms with Gasteiger partial charge >= 0.3 is 5.97 Å². The van der Waals surface area contributed by atoms with E-state index in [2.05, 4.69) is 56.6 Å². The Hall–Kier alpha value is -10.8. The summed E-state index contributed by atoms with van der Waals surface area (Å²) >= 11 is 0. The predicted octanol–water partition coefficient (Wildman–Crippen LogP) is 2.22. The second-order valence-corrected chi connectivity index (χ2v) is 21.2. The summed E-state index contributed by atoms with van der Waals surface area (Å²) in [6.45, 7) is 0.721. The predicted molar refractivity (Wildman–Crippen MR) is 303 cm³/mol. The zero-order valence-corrected chi connectivity index (χ0v) is 46.2. The van der Waals surface area contributed by atoms with E-state index in [1.54, 1.807) is 73.8 Å². The molecule has 7 amide bonds. The largest absolute Gasteiger partial charge is 0.455 e. The summed E-state index contributed by atoms with van der Waals surface area (Å²) in [5, 5.41) is 37.6. The minimum absolute atomic E-state index is 0.00623.